The Bertz CT molecular complexity index is 451. The molecule has 0 aliphatic carbocycles. The Hall–Kier alpha value is -1.10. The summed E-state index contributed by atoms with van der Waals surface area (Å²) in [6.45, 7) is 10.1. The van der Waals surface area contributed by atoms with Crippen molar-refractivity contribution in [1.82, 2.24) is 10.2 Å². The highest BCUT2D eigenvalue weighted by Gasteiger charge is 2.15. The Labute approximate surface area is 128 Å². The zero-order valence-electron chi connectivity index (χ0n) is 13.5. The van der Waals surface area contributed by atoms with Crippen molar-refractivity contribution in [3.8, 4) is 0 Å². The lowest BCUT2D eigenvalue weighted by Crippen LogP contribution is -2.29. The summed E-state index contributed by atoms with van der Waals surface area (Å²) in [5, 5.41) is 3.45. The minimum absolute atomic E-state index is 0.662. The van der Waals surface area contributed by atoms with Gasteiger partial charge in [0, 0.05) is 32.3 Å². The van der Waals surface area contributed by atoms with Gasteiger partial charge in [0.2, 0.25) is 0 Å². The van der Waals surface area contributed by atoms with Crippen LogP contribution in [0.4, 0.5) is 0 Å². The monoisotopic (exact) mass is 292 g/mol. The van der Waals surface area contributed by atoms with Crippen molar-refractivity contribution < 1.29 is 9.15 Å². The Morgan fingerprint density at radius 3 is 2.95 bits per heavy atom. The van der Waals surface area contributed by atoms with Crippen LogP contribution in [0.3, 0.4) is 0 Å². The van der Waals surface area contributed by atoms with E-state index in [4.69, 9.17) is 9.15 Å². The minimum Gasteiger partial charge on any atom is -0.468 e. The van der Waals surface area contributed by atoms with E-state index in [1.165, 1.54) is 11.1 Å². The number of nitrogens with one attached hydrogen (secondary N) is 1. The molecule has 0 unspecified atom stereocenters. The first kappa shape index (κ1) is 16.3. The zero-order valence-corrected chi connectivity index (χ0v) is 13.5. The number of furan rings is 1. The van der Waals surface area contributed by atoms with Crippen LogP contribution in [-0.2, 0) is 17.8 Å². The van der Waals surface area contributed by atoms with Crippen molar-refractivity contribution in [3.05, 3.63) is 35.3 Å². The summed E-state index contributed by atoms with van der Waals surface area (Å²) < 4.78 is 10.8. The quantitative estimate of drug-likeness (QED) is 0.748. The van der Waals surface area contributed by atoms with E-state index in [9.17, 15) is 0 Å². The van der Waals surface area contributed by atoms with E-state index in [0.29, 0.717) is 5.92 Å². The molecule has 2 heterocycles. The van der Waals surface area contributed by atoms with Crippen LogP contribution in [0.2, 0.25) is 0 Å². The number of hydrogen-bond donors (Lipinski definition) is 1. The summed E-state index contributed by atoms with van der Waals surface area (Å²) in [5.74, 6) is 1.73. The van der Waals surface area contributed by atoms with Crippen molar-refractivity contribution in [2.75, 3.05) is 33.4 Å². The number of ether oxygens (including phenoxy) is 1. The number of hydrogen-bond acceptors (Lipinski definition) is 4. The van der Waals surface area contributed by atoms with Gasteiger partial charge in [-0.1, -0.05) is 19.9 Å². The molecule has 1 N–H and O–H groups in total. The molecule has 0 amide bonds. The molecule has 0 saturated carbocycles. The van der Waals surface area contributed by atoms with Crippen molar-refractivity contribution in [1.29, 1.82) is 0 Å². The molecule has 0 radical (unpaired) electrons. The van der Waals surface area contributed by atoms with Crippen LogP contribution in [0.5, 0.6) is 0 Å². The molecule has 0 aromatic carbocycles. The second kappa shape index (κ2) is 8.37. The minimum atomic E-state index is 0.662. The van der Waals surface area contributed by atoms with Gasteiger partial charge >= 0.3 is 0 Å². The number of nitrogens with zero attached hydrogens (tertiary/aromatic N) is 1. The Morgan fingerprint density at radius 2 is 2.29 bits per heavy atom. The molecule has 0 spiro atoms. The third-order valence-electron chi connectivity index (χ3n) is 3.79. The van der Waals surface area contributed by atoms with E-state index in [1.807, 2.05) is 0 Å². The molecule has 2 rings (SSSR count). The first-order chi connectivity index (χ1) is 10.2. The molecule has 21 heavy (non-hydrogen) atoms. The van der Waals surface area contributed by atoms with Gasteiger partial charge in [-0.3, -0.25) is 4.90 Å². The van der Waals surface area contributed by atoms with Crippen LogP contribution in [0.15, 0.2) is 28.4 Å². The zero-order chi connectivity index (χ0) is 15.1. The lowest BCUT2D eigenvalue weighted by atomic mass is 10.1. The van der Waals surface area contributed by atoms with Gasteiger partial charge in [-0.05, 0) is 30.5 Å². The van der Waals surface area contributed by atoms with Crippen LogP contribution < -0.4 is 5.32 Å². The third kappa shape index (κ3) is 5.30. The molecule has 0 fully saturated rings. The number of methoxy groups -OCH3 is 1. The van der Waals surface area contributed by atoms with Gasteiger partial charge in [0.15, 0.2) is 0 Å². The molecule has 1 aliphatic heterocycles. The van der Waals surface area contributed by atoms with Crippen LogP contribution in [0.1, 0.15) is 31.6 Å². The molecule has 4 heteroatoms. The molecular formula is C17H28N2O2. The Morgan fingerprint density at radius 1 is 1.43 bits per heavy atom. The smallest absolute Gasteiger partial charge is 0.122 e. The van der Waals surface area contributed by atoms with Crippen molar-refractivity contribution >= 4 is 0 Å². The van der Waals surface area contributed by atoms with Gasteiger partial charge in [0.05, 0.1) is 19.4 Å². The van der Waals surface area contributed by atoms with Crippen LogP contribution in [0.25, 0.3) is 0 Å². The molecule has 0 atom stereocenters. The Kier molecular flexibility index (Phi) is 6.49. The highest BCUT2D eigenvalue weighted by molar-refractivity contribution is 5.18. The van der Waals surface area contributed by atoms with Crippen molar-refractivity contribution in [3.63, 3.8) is 0 Å². The fourth-order valence-electron chi connectivity index (χ4n) is 2.59. The van der Waals surface area contributed by atoms with Gasteiger partial charge in [-0.15, -0.1) is 0 Å². The summed E-state index contributed by atoms with van der Waals surface area (Å²) in [5.41, 5.74) is 2.72. The molecule has 1 aromatic rings. The van der Waals surface area contributed by atoms with E-state index in [1.54, 1.807) is 13.4 Å². The molecule has 1 aromatic heterocycles. The predicted octanol–water partition coefficient (Wildman–Crippen LogP) is 2.80. The van der Waals surface area contributed by atoms with Gasteiger partial charge < -0.3 is 14.5 Å². The largest absolute Gasteiger partial charge is 0.468 e. The summed E-state index contributed by atoms with van der Waals surface area (Å²) >= 11 is 0. The second-order valence-electron chi connectivity index (χ2n) is 6.17. The molecule has 4 nitrogen and oxygen atoms in total. The maximum Gasteiger partial charge on any atom is 0.122 e. The summed E-state index contributed by atoms with van der Waals surface area (Å²) in [6.07, 6.45) is 5.20. The lowest BCUT2D eigenvalue weighted by molar-refractivity contribution is 0.210. The van der Waals surface area contributed by atoms with Gasteiger partial charge in [-0.2, -0.15) is 0 Å². The fraction of sp³-hybridized carbons (Fsp3) is 0.647. The standard InChI is InChI=1S/C17H28N2O2/c1-14(2)10-18-11-17-16(6-9-21-17)12-19-7-4-15(5-8-19)13-20-3/h4,6,9,14,18H,5,7-8,10-13H2,1-3H3. The molecule has 0 bridgehead atoms. The predicted molar refractivity (Wildman–Crippen MR) is 85.1 cm³/mol. The summed E-state index contributed by atoms with van der Waals surface area (Å²) in [6, 6.07) is 2.10. The van der Waals surface area contributed by atoms with Crippen LogP contribution >= 0.6 is 0 Å². The maximum absolute atomic E-state index is 5.62. The molecule has 0 saturated heterocycles. The SMILES string of the molecule is COCC1=CCN(Cc2ccoc2CNCC(C)C)CC1. The van der Waals surface area contributed by atoms with Gasteiger partial charge in [0.1, 0.15) is 5.76 Å². The first-order valence-electron chi connectivity index (χ1n) is 7.84. The van der Waals surface area contributed by atoms with E-state index >= 15 is 0 Å². The van der Waals surface area contributed by atoms with E-state index in [-0.39, 0.29) is 0 Å². The number of rotatable bonds is 8. The highest BCUT2D eigenvalue weighted by atomic mass is 16.5. The topological polar surface area (TPSA) is 37.6 Å². The third-order valence-corrected chi connectivity index (χ3v) is 3.79. The van der Waals surface area contributed by atoms with Crippen LogP contribution in [0, 0.1) is 5.92 Å². The second-order valence-corrected chi connectivity index (χ2v) is 6.17. The fourth-order valence-corrected chi connectivity index (χ4v) is 2.59. The van der Waals surface area contributed by atoms with Crippen LogP contribution in [-0.4, -0.2) is 38.3 Å². The average Bonchev–Trinajstić information content (AvgIpc) is 2.88. The first-order valence-corrected chi connectivity index (χ1v) is 7.84. The Balaban J connectivity index is 1.82. The van der Waals surface area contributed by atoms with E-state index in [0.717, 1.165) is 51.5 Å². The maximum atomic E-state index is 5.62. The average molecular weight is 292 g/mol. The highest BCUT2D eigenvalue weighted by Crippen LogP contribution is 2.17. The van der Waals surface area contributed by atoms with Gasteiger partial charge in [-0.25, -0.2) is 0 Å². The van der Waals surface area contributed by atoms with E-state index < -0.39 is 0 Å². The van der Waals surface area contributed by atoms with Crippen molar-refractivity contribution in [2.45, 2.75) is 33.4 Å². The molecule has 118 valence electrons. The summed E-state index contributed by atoms with van der Waals surface area (Å²) in [7, 11) is 1.76. The molecular weight excluding hydrogens is 264 g/mol. The van der Waals surface area contributed by atoms with Crippen molar-refractivity contribution in [2.24, 2.45) is 5.92 Å². The molecule has 1 aliphatic rings. The lowest BCUT2D eigenvalue weighted by Gasteiger charge is -2.26. The normalized spacial score (nSPS) is 16.5. The summed E-state index contributed by atoms with van der Waals surface area (Å²) in [4.78, 5) is 2.45. The van der Waals surface area contributed by atoms with Gasteiger partial charge in [0.25, 0.3) is 0 Å². The van der Waals surface area contributed by atoms with E-state index in [2.05, 4.69) is 36.2 Å².